The predicted octanol–water partition coefficient (Wildman–Crippen LogP) is 2.30. The van der Waals surface area contributed by atoms with E-state index in [1.165, 1.54) is 11.3 Å². The lowest BCUT2D eigenvalue weighted by Crippen LogP contribution is -2.38. The molecule has 1 unspecified atom stereocenters. The second-order valence-corrected chi connectivity index (χ2v) is 4.97. The van der Waals surface area contributed by atoms with Crippen LogP contribution in [0.15, 0.2) is 17.5 Å². The van der Waals surface area contributed by atoms with Crippen molar-refractivity contribution in [2.75, 3.05) is 0 Å². The highest BCUT2D eigenvalue weighted by molar-refractivity contribution is 7.10. The molecule has 0 spiro atoms. The standard InChI is InChI=1S/C12H14O3S/c1-2-12(8-13,10-4-3-7-16-10)11(14)15-9-5-6-9/h3-4,7-9H,2,5-6H2,1H3. The van der Waals surface area contributed by atoms with Crippen LogP contribution in [0.25, 0.3) is 0 Å². The number of esters is 1. The third kappa shape index (κ3) is 1.89. The van der Waals surface area contributed by atoms with Crippen molar-refractivity contribution in [3.05, 3.63) is 22.4 Å². The highest BCUT2D eigenvalue weighted by atomic mass is 32.1. The van der Waals surface area contributed by atoms with Crippen molar-refractivity contribution >= 4 is 23.6 Å². The number of carbonyl (C=O) groups excluding carboxylic acids is 2. The summed E-state index contributed by atoms with van der Waals surface area (Å²) in [5.41, 5.74) is -1.09. The lowest BCUT2D eigenvalue weighted by Gasteiger charge is -2.22. The van der Waals surface area contributed by atoms with Crippen molar-refractivity contribution in [1.82, 2.24) is 0 Å². The summed E-state index contributed by atoms with van der Waals surface area (Å²) in [4.78, 5) is 24.1. The molecule has 0 aromatic carbocycles. The van der Waals surface area contributed by atoms with Crippen molar-refractivity contribution in [3.8, 4) is 0 Å². The molecule has 16 heavy (non-hydrogen) atoms. The molecule has 1 fully saturated rings. The van der Waals surface area contributed by atoms with Crippen LogP contribution in [0, 0.1) is 0 Å². The summed E-state index contributed by atoms with van der Waals surface area (Å²) in [6, 6.07) is 3.66. The zero-order valence-corrected chi connectivity index (χ0v) is 9.96. The highest BCUT2D eigenvalue weighted by Crippen LogP contribution is 2.34. The van der Waals surface area contributed by atoms with E-state index in [-0.39, 0.29) is 6.10 Å². The van der Waals surface area contributed by atoms with E-state index in [4.69, 9.17) is 4.74 Å². The van der Waals surface area contributed by atoms with Gasteiger partial charge in [0.15, 0.2) is 5.41 Å². The van der Waals surface area contributed by atoms with E-state index in [9.17, 15) is 9.59 Å². The van der Waals surface area contributed by atoms with Crippen LogP contribution in [0.4, 0.5) is 0 Å². The molecule has 3 nitrogen and oxygen atoms in total. The molecule has 0 radical (unpaired) electrons. The Balaban J connectivity index is 2.26. The van der Waals surface area contributed by atoms with Crippen molar-refractivity contribution in [1.29, 1.82) is 0 Å². The van der Waals surface area contributed by atoms with Gasteiger partial charge in [-0.3, -0.25) is 4.79 Å². The Morgan fingerprint density at radius 2 is 2.44 bits per heavy atom. The predicted molar refractivity (Wildman–Crippen MR) is 61.5 cm³/mol. The molecule has 1 saturated carbocycles. The summed E-state index contributed by atoms with van der Waals surface area (Å²) in [5.74, 6) is -0.394. The maximum Gasteiger partial charge on any atom is 0.324 e. The van der Waals surface area contributed by atoms with Gasteiger partial charge in [-0.15, -0.1) is 11.3 Å². The molecule has 1 heterocycles. The summed E-state index contributed by atoms with van der Waals surface area (Å²) < 4.78 is 5.27. The molecule has 0 saturated heterocycles. The van der Waals surface area contributed by atoms with Gasteiger partial charge in [0, 0.05) is 4.88 Å². The number of carbonyl (C=O) groups is 2. The minimum Gasteiger partial charge on any atom is -0.461 e. The van der Waals surface area contributed by atoms with Crippen LogP contribution in [0.5, 0.6) is 0 Å². The summed E-state index contributed by atoms with van der Waals surface area (Å²) in [6.45, 7) is 1.84. The number of aldehydes is 1. The topological polar surface area (TPSA) is 43.4 Å². The molecular weight excluding hydrogens is 224 g/mol. The van der Waals surface area contributed by atoms with Gasteiger partial charge in [0.05, 0.1) is 0 Å². The first-order chi connectivity index (χ1) is 7.73. The van der Waals surface area contributed by atoms with Crippen LogP contribution in [0.2, 0.25) is 0 Å². The summed E-state index contributed by atoms with van der Waals surface area (Å²) in [6.07, 6.45) is 3.06. The fraction of sp³-hybridized carbons (Fsp3) is 0.500. The van der Waals surface area contributed by atoms with Crippen LogP contribution in [-0.4, -0.2) is 18.4 Å². The number of rotatable bonds is 5. The molecule has 1 atom stereocenters. The van der Waals surface area contributed by atoms with Gasteiger partial charge in [0.25, 0.3) is 0 Å². The monoisotopic (exact) mass is 238 g/mol. The Kier molecular flexibility index (Phi) is 3.10. The van der Waals surface area contributed by atoms with E-state index in [0.29, 0.717) is 6.42 Å². The zero-order valence-electron chi connectivity index (χ0n) is 9.14. The number of thiophene rings is 1. The Hall–Kier alpha value is -1.16. The SMILES string of the molecule is CCC(C=O)(C(=O)OC1CC1)c1cccs1. The van der Waals surface area contributed by atoms with Crippen LogP contribution >= 0.6 is 11.3 Å². The molecule has 0 bridgehead atoms. The van der Waals surface area contributed by atoms with E-state index >= 15 is 0 Å². The smallest absolute Gasteiger partial charge is 0.324 e. The number of hydrogen-bond acceptors (Lipinski definition) is 4. The van der Waals surface area contributed by atoms with Crippen LogP contribution < -0.4 is 0 Å². The normalized spacial score (nSPS) is 18.8. The fourth-order valence-corrected chi connectivity index (χ4v) is 2.53. The van der Waals surface area contributed by atoms with Crippen LogP contribution in [0.3, 0.4) is 0 Å². The van der Waals surface area contributed by atoms with Crippen molar-refractivity contribution in [2.45, 2.75) is 37.7 Å². The second kappa shape index (κ2) is 4.37. The number of ether oxygens (including phenoxy) is 1. The number of hydrogen-bond donors (Lipinski definition) is 0. The van der Waals surface area contributed by atoms with Gasteiger partial charge >= 0.3 is 5.97 Å². The summed E-state index contributed by atoms with van der Waals surface area (Å²) in [7, 11) is 0. The van der Waals surface area contributed by atoms with E-state index < -0.39 is 11.4 Å². The molecule has 2 rings (SSSR count). The molecule has 1 aliphatic carbocycles. The van der Waals surface area contributed by atoms with Gasteiger partial charge in [-0.2, -0.15) is 0 Å². The fourth-order valence-electron chi connectivity index (χ4n) is 1.58. The second-order valence-electron chi connectivity index (χ2n) is 4.02. The van der Waals surface area contributed by atoms with Gasteiger partial charge in [0.1, 0.15) is 12.4 Å². The van der Waals surface area contributed by atoms with Gasteiger partial charge in [-0.1, -0.05) is 13.0 Å². The van der Waals surface area contributed by atoms with Crippen LogP contribution in [-0.2, 0) is 19.7 Å². The van der Waals surface area contributed by atoms with Gasteiger partial charge in [0.2, 0.25) is 0 Å². The molecule has 0 N–H and O–H groups in total. The lowest BCUT2D eigenvalue weighted by atomic mass is 9.85. The average molecular weight is 238 g/mol. The van der Waals surface area contributed by atoms with Gasteiger partial charge < -0.3 is 9.53 Å². The molecular formula is C12H14O3S. The van der Waals surface area contributed by atoms with Gasteiger partial charge in [-0.25, -0.2) is 0 Å². The minimum absolute atomic E-state index is 0.0401. The quantitative estimate of drug-likeness (QED) is 0.449. The Labute approximate surface area is 98.4 Å². The zero-order chi connectivity index (χ0) is 11.6. The Morgan fingerprint density at radius 1 is 1.69 bits per heavy atom. The van der Waals surface area contributed by atoms with E-state index in [2.05, 4.69) is 0 Å². The molecule has 0 aliphatic heterocycles. The molecule has 1 aromatic heterocycles. The van der Waals surface area contributed by atoms with E-state index in [1.54, 1.807) is 0 Å². The first-order valence-corrected chi connectivity index (χ1v) is 6.32. The third-order valence-electron chi connectivity index (χ3n) is 2.88. The average Bonchev–Trinajstić information content (AvgIpc) is 2.94. The maximum absolute atomic E-state index is 12.0. The molecule has 86 valence electrons. The molecule has 1 aromatic rings. The van der Waals surface area contributed by atoms with Crippen LogP contribution in [0.1, 0.15) is 31.1 Å². The maximum atomic E-state index is 12.0. The third-order valence-corrected chi connectivity index (χ3v) is 3.93. The molecule has 4 heteroatoms. The van der Waals surface area contributed by atoms with Crippen molar-refractivity contribution < 1.29 is 14.3 Å². The molecule has 1 aliphatic rings. The highest BCUT2D eigenvalue weighted by Gasteiger charge is 2.43. The lowest BCUT2D eigenvalue weighted by molar-refractivity contribution is -0.153. The first kappa shape index (κ1) is 11.3. The summed E-state index contributed by atoms with van der Waals surface area (Å²) >= 11 is 1.42. The Morgan fingerprint density at radius 3 is 2.88 bits per heavy atom. The van der Waals surface area contributed by atoms with Gasteiger partial charge in [-0.05, 0) is 30.7 Å². The van der Waals surface area contributed by atoms with Crippen molar-refractivity contribution in [3.63, 3.8) is 0 Å². The summed E-state index contributed by atoms with van der Waals surface area (Å²) in [5, 5.41) is 1.87. The largest absolute Gasteiger partial charge is 0.461 e. The van der Waals surface area contributed by atoms with E-state index in [1.807, 2.05) is 24.4 Å². The Bertz CT molecular complexity index is 381. The first-order valence-electron chi connectivity index (χ1n) is 5.44. The molecule has 0 amide bonds. The van der Waals surface area contributed by atoms with E-state index in [0.717, 1.165) is 24.0 Å². The van der Waals surface area contributed by atoms with Crippen molar-refractivity contribution in [2.24, 2.45) is 0 Å². The minimum atomic E-state index is -1.09.